The minimum Gasteiger partial charge on any atom is -0.582 e. The summed E-state index contributed by atoms with van der Waals surface area (Å²) in [5.74, 6) is 0. The van der Waals surface area contributed by atoms with Crippen LogP contribution >= 0.6 is 0 Å². The van der Waals surface area contributed by atoms with Gasteiger partial charge in [0.15, 0.2) is 0 Å². The molecule has 0 N–H and O–H groups in total. The van der Waals surface area contributed by atoms with Gasteiger partial charge in [-0.05, 0) is 0 Å². The minimum absolute atomic E-state index is 0. The minimum atomic E-state index is 0. The van der Waals surface area contributed by atoms with E-state index in [2.05, 4.69) is 10.2 Å². The molecule has 0 unspecified atom stereocenters. The van der Waals surface area contributed by atoms with Gasteiger partial charge in [-0.15, -0.1) is 0 Å². The first-order valence-corrected chi connectivity index (χ1v) is 1.38. The van der Waals surface area contributed by atoms with Crippen molar-refractivity contribution in [2.24, 2.45) is 0 Å². The largest absolute Gasteiger partial charge is 1.00 e. The summed E-state index contributed by atoms with van der Waals surface area (Å²) < 4.78 is 0. The number of aromatic nitrogens is 2. The predicted molar refractivity (Wildman–Crippen MR) is 17.6 cm³/mol. The summed E-state index contributed by atoms with van der Waals surface area (Å²) in [6.45, 7) is 0. The van der Waals surface area contributed by atoms with Gasteiger partial charge in [-0.1, -0.05) is 6.07 Å². The predicted octanol–water partition coefficient (Wildman–Crippen LogP) is -2.96. The Hall–Kier alpha value is 0.210. The Labute approximate surface area is 58.2 Å². The molecule has 3 heteroatoms. The van der Waals surface area contributed by atoms with Crippen LogP contribution in [0.1, 0.15) is 0 Å². The third kappa shape index (κ3) is 1.60. The van der Waals surface area contributed by atoms with Gasteiger partial charge in [0.25, 0.3) is 0 Å². The summed E-state index contributed by atoms with van der Waals surface area (Å²) in [6.07, 6.45) is 3.28. The maximum Gasteiger partial charge on any atom is 1.00 e. The van der Waals surface area contributed by atoms with Crippen molar-refractivity contribution >= 4 is 0 Å². The van der Waals surface area contributed by atoms with E-state index in [0.29, 0.717) is 0 Å². The van der Waals surface area contributed by atoms with E-state index in [1.165, 1.54) is 0 Å². The molecule has 1 heterocycles. The van der Waals surface area contributed by atoms with Crippen LogP contribution in [0.3, 0.4) is 0 Å². The topological polar surface area (TPSA) is 27.0 Å². The number of hydrogen-bond acceptors (Lipinski definition) is 1. The maximum atomic E-state index is 3.47. The van der Waals surface area contributed by atoms with Crippen molar-refractivity contribution in [1.82, 2.24) is 10.2 Å². The first-order chi connectivity index (χ1) is 2.50. The van der Waals surface area contributed by atoms with Gasteiger partial charge in [0.05, 0.1) is 0 Å². The Balaban J connectivity index is 0.000000250. The van der Waals surface area contributed by atoms with E-state index in [1.54, 1.807) is 18.5 Å². The Morgan fingerprint density at radius 1 is 1.50 bits per heavy atom. The Morgan fingerprint density at radius 3 is 2.50 bits per heavy atom. The molecule has 0 saturated carbocycles. The summed E-state index contributed by atoms with van der Waals surface area (Å²) in [4.78, 5) is 0. The van der Waals surface area contributed by atoms with Crippen LogP contribution in [0.2, 0.25) is 0 Å². The van der Waals surface area contributed by atoms with Crippen molar-refractivity contribution < 1.29 is 29.6 Å². The molecule has 0 fully saturated rings. The fourth-order valence-corrected chi connectivity index (χ4v) is 0.192. The molecule has 1 aromatic rings. The Morgan fingerprint density at radius 2 is 2.33 bits per heavy atom. The van der Waals surface area contributed by atoms with E-state index in [4.69, 9.17) is 0 Å². The molecule has 1 aromatic heterocycles. The van der Waals surface area contributed by atoms with Gasteiger partial charge in [-0.3, -0.25) is 0 Å². The van der Waals surface area contributed by atoms with Gasteiger partial charge in [-0.25, -0.2) is 0 Å². The molecule has 6 heavy (non-hydrogen) atoms. The molecule has 0 amide bonds. The van der Waals surface area contributed by atoms with E-state index >= 15 is 0 Å². The van der Waals surface area contributed by atoms with Crippen LogP contribution < -0.4 is 34.7 Å². The van der Waals surface area contributed by atoms with Gasteiger partial charge in [-0.2, -0.15) is 6.20 Å². The Bertz CT molecular complexity index is 65.3. The SMILES string of the molecule is [Na+].c1cn[n-]c1. The molecule has 0 aromatic carbocycles. The molecule has 26 valence electrons. The van der Waals surface area contributed by atoms with E-state index in [-0.39, 0.29) is 29.6 Å². The summed E-state index contributed by atoms with van der Waals surface area (Å²) >= 11 is 0. The van der Waals surface area contributed by atoms with Crippen molar-refractivity contribution in [2.45, 2.75) is 0 Å². The molecule has 1 rings (SSSR count). The third-order valence-electron chi connectivity index (χ3n) is 0.372. The smallest absolute Gasteiger partial charge is 0.582 e. The number of nitrogens with zero attached hydrogens (tertiary/aromatic N) is 2. The second-order valence-electron chi connectivity index (χ2n) is 0.722. The van der Waals surface area contributed by atoms with Crippen LogP contribution in [0, 0.1) is 0 Å². The quantitative estimate of drug-likeness (QED) is 0.318. The summed E-state index contributed by atoms with van der Waals surface area (Å²) in [5, 5.41) is 6.94. The average Bonchev–Trinajstić information content (AvgIpc) is 1.76. The van der Waals surface area contributed by atoms with Crippen LogP contribution in [-0.2, 0) is 0 Å². The van der Waals surface area contributed by atoms with Crippen LogP contribution in [-0.4, -0.2) is 5.10 Å². The van der Waals surface area contributed by atoms with Crippen LogP contribution in [0.15, 0.2) is 18.5 Å². The first kappa shape index (κ1) is 6.21. The number of hydrogen-bond donors (Lipinski definition) is 0. The average molecular weight is 90.1 g/mol. The van der Waals surface area contributed by atoms with Crippen molar-refractivity contribution in [3.8, 4) is 0 Å². The molecule has 0 atom stereocenters. The molecule has 0 aliphatic rings. The van der Waals surface area contributed by atoms with Gasteiger partial charge in [0.2, 0.25) is 0 Å². The zero-order chi connectivity index (χ0) is 3.54. The zero-order valence-corrected chi connectivity index (χ0v) is 5.63. The van der Waals surface area contributed by atoms with Gasteiger partial charge in [0, 0.05) is 6.20 Å². The van der Waals surface area contributed by atoms with E-state index in [1.807, 2.05) is 0 Å². The second kappa shape index (κ2) is 3.40. The van der Waals surface area contributed by atoms with Crippen LogP contribution in [0.4, 0.5) is 0 Å². The molecule has 0 saturated heterocycles. The fourth-order valence-electron chi connectivity index (χ4n) is 0.192. The van der Waals surface area contributed by atoms with Gasteiger partial charge in [0.1, 0.15) is 0 Å². The van der Waals surface area contributed by atoms with Crippen molar-refractivity contribution in [3.63, 3.8) is 0 Å². The van der Waals surface area contributed by atoms with E-state index in [9.17, 15) is 0 Å². The molecule has 2 nitrogen and oxygen atoms in total. The molecule has 0 aliphatic heterocycles. The molecule has 0 aliphatic carbocycles. The molecular formula is C3H3N2Na. The van der Waals surface area contributed by atoms with Gasteiger partial charge < -0.3 is 10.2 Å². The zero-order valence-electron chi connectivity index (χ0n) is 3.63. The molecular weight excluding hydrogens is 87.0 g/mol. The van der Waals surface area contributed by atoms with Crippen molar-refractivity contribution in [1.29, 1.82) is 0 Å². The molecule has 0 spiro atoms. The molecule has 0 radical (unpaired) electrons. The van der Waals surface area contributed by atoms with Crippen LogP contribution in [0.5, 0.6) is 0 Å². The third-order valence-corrected chi connectivity index (χ3v) is 0.372. The standard InChI is InChI=1S/C3H3N2.Na/c1-2-4-5-3-1;/h1-3H;/q-1;+1. The fraction of sp³-hybridized carbons (Fsp3) is 0. The monoisotopic (exact) mass is 90.0 g/mol. The van der Waals surface area contributed by atoms with E-state index in [0.717, 1.165) is 0 Å². The van der Waals surface area contributed by atoms with Crippen molar-refractivity contribution in [3.05, 3.63) is 18.5 Å². The Kier molecular flexibility index (Phi) is 3.52. The number of rotatable bonds is 0. The molecule has 0 bridgehead atoms. The first-order valence-electron chi connectivity index (χ1n) is 1.38. The van der Waals surface area contributed by atoms with Crippen LogP contribution in [0.25, 0.3) is 0 Å². The van der Waals surface area contributed by atoms with Crippen molar-refractivity contribution in [2.75, 3.05) is 0 Å². The second-order valence-corrected chi connectivity index (χ2v) is 0.722. The van der Waals surface area contributed by atoms with E-state index < -0.39 is 0 Å². The normalized spacial score (nSPS) is 6.67. The summed E-state index contributed by atoms with van der Waals surface area (Å²) in [7, 11) is 0. The van der Waals surface area contributed by atoms with Gasteiger partial charge >= 0.3 is 29.6 Å². The summed E-state index contributed by atoms with van der Waals surface area (Å²) in [6, 6.07) is 1.78. The maximum absolute atomic E-state index is 3.47. The summed E-state index contributed by atoms with van der Waals surface area (Å²) in [5.41, 5.74) is 0.